The molecule has 4 nitrogen and oxygen atoms in total. The van der Waals surface area contributed by atoms with Crippen molar-refractivity contribution in [3.8, 4) is 0 Å². The lowest BCUT2D eigenvalue weighted by Gasteiger charge is -2.26. The van der Waals surface area contributed by atoms with E-state index in [1.165, 1.54) is 5.56 Å². The Morgan fingerprint density at radius 2 is 1.78 bits per heavy atom. The predicted octanol–water partition coefficient (Wildman–Crippen LogP) is 3.39. The third-order valence-electron chi connectivity index (χ3n) is 4.42. The third kappa shape index (κ3) is 4.55. The standard InChI is InChI=1S/C18H29NO3S/c1-13(2)17(19-23(20,21)16-10-11-22-12-16)14-6-8-15(9-7-14)18(3,4)5/h6-9,13,16-17,19H,10-12H2,1-5H3. The van der Waals surface area contributed by atoms with E-state index < -0.39 is 15.3 Å². The Kier molecular flexibility index (Phi) is 5.54. The van der Waals surface area contributed by atoms with Gasteiger partial charge in [-0.2, -0.15) is 0 Å². The highest BCUT2D eigenvalue weighted by Crippen LogP contribution is 2.28. The van der Waals surface area contributed by atoms with Crippen molar-refractivity contribution in [2.45, 2.75) is 57.7 Å². The van der Waals surface area contributed by atoms with Crippen LogP contribution in [0.1, 0.15) is 58.2 Å². The van der Waals surface area contributed by atoms with Crippen molar-refractivity contribution in [3.63, 3.8) is 0 Å². The largest absolute Gasteiger partial charge is 0.380 e. The number of sulfonamides is 1. The molecule has 1 saturated heterocycles. The van der Waals surface area contributed by atoms with E-state index in [0.717, 1.165) is 5.56 Å². The van der Waals surface area contributed by atoms with E-state index in [9.17, 15) is 8.42 Å². The Balaban J connectivity index is 2.21. The maximum absolute atomic E-state index is 12.6. The SMILES string of the molecule is CC(C)C(NS(=O)(=O)C1CCOC1)c1ccc(C(C)(C)C)cc1. The zero-order valence-electron chi connectivity index (χ0n) is 14.8. The maximum Gasteiger partial charge on any atom is 0.217 e. The van der Waals surface area contributed by atoms with E-state index in [0.29, 0.717) is 19.6 Å². The van der Waals surface area contributed by atoms with Gasteiger partial charge in [-0.25, -0.2) is 13.1 Å². The van der Waals surface area contributed by atoms with Crippen LogP contribution in [-0.4, -0.2) is 26.9 Å². The summed E-state index contributed by atoms with van der Waals surface area (Å²) in [5.74, 6) is 0.174. The van der Waals surface area contributed by atoms with Gasteiger partial charge in [-0.1, -0.05) is 58.9 Å². The summed E-state index contributed by atoms with van der Waals surface area (Å²) in [7, 11) is -3.37. The number of hydrogen-bond acceptors (Lipinski definition) is 3. The number of nitrogens with one attached hydrogen (secondary N) is 1. The third-order valence-corrected chi connectivity index (χ3v) is 6.25. The minimum atomic E-state index is -3.37. The molecule has 23 heavy (non-hydrogen) atoms. The van der Waals surface area contributed by atoms with Crippen LogP contribution in [0.15, 0.2) is 24.3 Å². The van der Waals surface area contributed by atoms with Gasteiger partial charge in [-0.3, -0.25) is 0 Å². The highest BCUT2D eigenvalue weighted by atomic mass is 32.2. The first-order valence-corrected chi connectivity index (χ1v) is 9.85. The molecule has 0 bridgehead atoms. The summed E-state index contributed by atoms with van der Waals surface area (Å²) in [5, 5.41) is -0.433. The monoisotopic (exact) mass is 339 g/mol. The van der Waals surface area contributed by atoms with Gasteiger partial charge in [-0.05, 0) is 28.9 Å². The smallest absolute Gasteiger partial charge is 0.217 e. The molecule has 1 aliphatic heterocycles. The molecule has 0 aliphatic carbocycles. The second-order valence-electron chi connectivity index (χ2n) is 7.74. The molecule has 2 unspecified atom stereocenters. The molecule has 2 rings (SSSR count). The quantitative estimate of drug-likeness (QED) is 0.894. The molecule has 0 amide bonds. The fraction of sp³-hybridized carbons (Fsp3) is 0.667. The second-order valence-corrected chi connectivity index (χ2v) is 9.73. The second kappa shape index (κ2) is 6.91. The summed E-state index contributed by atoms with van der Waals surface area (Å²) < 4.78 is 33.2. The van der Waals surface area contributed by atoms with Crippen LogP contribution in [0.5, 0.6) is 0 Å². The average Bonchev–Trinajstić information content (AvgIpc) is 2.99. The molecule has 130 valence electrons. The zero-order valence-corrected chi connectivity index (χ0v) is 15.6. The number of rotatable bonds is 5. The van der Waals surface area contributed by atoms with Crippen molar-refractivity contribution in [2.24, 2.45) is 5.92 Å². The van der Waals surface area contributed by atoms with Gasteiger partial charge in [0, 0.05) is 12.6 Å². The van der Waals surface area contributed by atoms with E-state index in [4.69, 9.17) is 4.74 Å². The highest BCUT2D eigenvalue weighted by molar-refractivity contribution is 7.90. The minimum Gasteiger partial charge on any atom is -0.380 e. The number of hydrogen-bond donors (Lipinski definition) is 1. The molecule has 1 aliphatic rings. The molecule has 0 radical (unpaired) electrons. The molecular weight excluding hydrogens is 310 g/mol. The normalized spacial score (nSPS) is 20.9. The molecule has 0 spiro atoms. The van der Waals surface area contributed by atoms with Gasteiger partial charge in [0.15, 0.2) is 0 Å². The van der Waals surface area contributed by atoms with Crippen LogP contribution in [0.2, 0.25) is 0 Å². The maximum atomic E-state index is 12.6. The van der Waals surface area contributed by atoms with Gasteiger partial charge in [0.25, 0.3) is 0 Å². The average molecular weight is 340 g/mol. The first-order valence-electron chi connectivity index (χ1n) is 8.30. The van der Waals surface area contributed by atoms with Gasteiger partial charge in [0.1, 0.15) is 5.25 Å². The van der Waals surface area contributed by atoms with Crippen molar-refractivity contribution in [3.05, 3.63) is 35.4 Å². The highest BCUT2D eigenvalue weighted by Gasteiger charge is 2.32. The topological polar surface area (TPSA) is 55.4 Å². The minimum absolute atomic E-state index is 0.0898. The van der Waals surface area contributed by atoms with Crippen LogP contribution < -0.4 is 4.72 Å². The summed E-state index contributed by atoms with van der Waals surface area (Å²) in [5.41, 5.74) is 2.35. The van der Waals surface area contributed by atoms with E-state index in [1.807, 2.05) is 26.0 Å². The predicted molar refractivity (Wildman–Crippen MR) is 94.0 cm³/mol. The Morgan fingerprint density at radius 1 is 1.17 bits per heavy atom. The summed E-state index contributed by atoms with van der Waals surface area (Å²) in [6.07, 6.45) is 0.573. The van der Waals surface area contributed by atoms with Crippen molar-refractivity contribution in [1.29, 1.82) is 0 Å². The lowest BCUT2D eigenvalue weighted by Crippen LogP contribution is -2.39. The molecule has 1 aromatic carbocycles. The van der Waals surface area contributed by atoms with Crippen LogP contribution in [0.4, 0.5) is 0 Å². The first-order chi connectivity index (χ1) is 10.6. The molecule has 5 heteroatoms. The lowest BCUT2D eigenvalue weighted by molar-refractivity contribution is 0.198. The fourth-order valence-corrected chi connectivity index (χ4v) is 4.45. The van der Waals surface area contributed by atoms with E-state index in [-0.39, 0.29) is 17.4 Å². The van der Waals surface area contributed by atoms with E-state index in [2.05, 4.69) is 37.6 Å². The van der Waals surface area contributed by atoms with Crippen LogP contribution in [0.25, 0.3) is 0 Å². The summed E-state index contributed by atoms with van der Waals surface area (Å²) in [4.78, 5) is 0. The molecule has 2 atom stereocenters. The van der Waals surface area contributed by atoms with Gasteiger partial charge >= 0.3 is 0 Å². The Hall–Kier alpha value is -0.910. The van der Waals surface area contributed by atoms with Crippen molar-refractivity contribution in [2.75, 3.05) is 13.2 Å². The Labute approximate surface area is 140 Å². The van der Waals surface area contributed by atoms with Crippen molar-refractivity contribution < 1.29 is 13.2 Å². The van der Waals surface area contributed by atoms with Crippen molar-refractivity contribution in [1.82, 2.24) is 4.72 Å². The fourth-order valence-electron chi connectivity index (χ4n) is 2.81. The molecular formula is C18H29NO3S. The molecule has 1 N–H and O–H groups in total. The van der Waals surface area contributed by atoms with Crippen LogP contribution >= 0.6 is 0 Å². The van der Waals surface area contributed by atoms with Crippen LogP contribution in [0, 0.1) is 5.92 Å². The van der Waals surface area contributed by atoms with Crippen molar-refractivity contribution >= 4 is 10.0 Å². The molecule has 1 heterocycles. The lowest BCUT2D eigenvalue weighted by atomic mass is 9.85. The van der Waals surface area contributed by atoms with Crippen LogP contribution in [0.3, 0.4) is 0 Å². The first kappa shape index (κ1) is 18.4. The van der Waals surface area contributed by atoms with Crippen LogP contribution in [-0.2, 0) is 20.2 Å². The summed E-state index contributed by atoms with van der Waals surface area (Å²) in [6, 6.07) is 8.06. The Bertz CT molecular complexity index is 609. The molecule has 1 aromatic rings. The summed E-state index contributed by atoms with van der Waals surface area (Å²) in [6.45, 7) is 11.4. The molecule has 1 fully saturated rings. The van der Waals surface area contributed by atoms with E-state index in [1.54, 1.807) is 0 Å². The van der Waals surface area contributed by atoms with Gasteiger partial charge in [0.2, 0.25) is 10.0 Å². The molecule has 0 aromatic heterocycles. The number of benzene rings is 1. The van der Waals surface area contributed by atoms with Gasteiger partial charge < -0.3 is 4.74 Å². The molecule has 0 saturated carbocycles. The van der Waals surface area contributed by atoms with E-state index >= 15 is 0 Å². The van der Waals surface area contributed by atoms with Gasteiger partial charge in [-0.15, -0.1) is 0 Å². The summed E-state index contributed by atoms with van der Waals surface area (Å²) >= 11 is 0. The van der Waals surface area contributed by atoms with Gasteiger partial charge in [0.05, 0.1) is 6.61 Å². The Morgan fingerprint density at radius 3 is 2.22 bits per heavy atom. The number of ether oxygens (including phenoxy) is 1. The zero-order chi connectivity index (χ0) is 17.3.